The fraction of sp³-hybridized carbons (Fsp3) is 0. The summed E-state index contributed by atoms with van der Waals surface area (Å²) < 4.78 is 0. The highest BCUT2D eigenvalue weighted by atomic mass is 14.6. The molecule has 0 aliphatic carbocycles. The fourth-order valence-corrected chi connectivity index (χ4v) is 3.26. The Bertz CT molecular complexity index is 1050. The van der Waals surface area contributed by atoms with Crippen LogP contribution in [0.15, 0.2) is 97.6 Å². The Labute approximate surface area is 148 Å². The van der Waals surface area contributed by atoms with E-state index in [1.54, 1.807) is 0 Å². The zero-order valence-corrected chi connectivity index (χ0v) is 13.9. The Morgan fingerprint density at radius 2 is 1.36 bits per heavy atom. The Kier molecular flexibility index (Phi) is 3.83. The van der Waals surface area contributed by atoms with E-state index in [4.69, 9.17) is 5.73 Å². The third-order valence-electron chi connectivity index (χ3n) is 4.62. The van der Waals surface area contributed by atoms with Crippen molar-refractivity contribution in [3.63, 3.8) is 0 Å². The van der Waals surface area contributed by atoms with Gasteiger partial charge >= 0.3 is 0 Å². The quantitative estimate of drug-likeness (QED) is 0.450. The molecular formula is C24H19N. The van der Waals surface area contributed by atoms with Crippen molar-refractivity contribution in [3.05, 3.63) is 109 Å². The molecule has 4 aromatic carbocycles. The Hall–Kier alpha value is -3.32. The third kappa shape index (κ3) is 2.81. The molecule has 25 heavy (non-hydrogen) atoms. The van der Waals surface area contributed by atoms with E-state index >= 15 is 0 Å². The lowest BCUT2D eigenvalue weighted by atomic mass is 9.94. The number of rotatable bonds is 3. The molecule has 0 amide bonds. The molecule has 0 spiro atoms. The molecular weight excluding hydrogens is 302 g/mol. The number of nitrogens with two attached hydrogens (primary N) is 1. The van der Waals surface area contributed by atoms with Crippen LogP contribution in [0.25, 0.3) is 27.5 Å². The zero-order chi connectivity index (χ0) is 17.2. The van der Waals surface area contributed by atoms with Crippen molar-refractivity contribution in [3.8, 4) is 11.1 Å². The summed E-state index contributed by atoms with van der Waals surface area (Å²) in [5.74, 6) is 0. The van der Waals surface area contributed by atoms with Gasteiger partial charge in [-0.15, -0.1) is 0 Å². The van der Waals surface area contributed by atoms with Gasteiger partial charge in [-0.1, -0.05) is 91.5 Å². The van der Waals surface area contributed by atoms with E-state index in [1.807, 2.05) is 24.3 Å². The van der Waals surface area contributed by atoms with Crippen LogP contribution in [0.4, 0.5) is 5.69 Å². The van der Waals surface area contributed by atoms with Crippen LogP contribution in [0.2, 0.25) is 0 Å². The normalized spacial score (nSPS) is 10.7. The van der Waals surface area contributed by atoms with Gasteiger partial charge in [0.15, 0.2) is 0 Å². The molecule has 0 heterocycles. The SMILES string of the molecule is C=C(c1ccc(-c2cccc3ccccc23)cc1)c1ccccc1N. The molecule has 1 nitrogen and oxygen atoms in total. The summed E-state index contributed by atoms with van der Waals surface area (Å²) in [6, 6.07) is 31.3. The van der Waals surface area contributed by atoms with E-state index in [2.05, 4.69) is 73.3 Å². The summed E-state index contributed by atoms with van der Waals surface area (Å²) in [6.45, 7) is 4.23. The molecule has 0 unspecified atom stereocenters. The first-order valence-corrected chi connectivity index (χ1v) is 8.36. The summed E-state index contributed by atoms with van der Waals surface area (Å²) in [5, 5.41) is 2.52. The number of hydrogen-bond acceptors (Lipinski definition) is 1. The third-order valence-corrected chi connectivity index (χ3v) is 4.62. The van der Waals surface area contributed by atoms with E-state index in [0.29, 0.717) is 0 Å². The van der Waals surface area contributed by atoms with Gasteiger partial charge in [-0.05, 0) is 39.1 Å². The van der Waals surface area contributed by atoms with Crippen LogP contribution in [-0.4, -0.2) is 0 Å². The highest BCUT2D eigenvalue weighted by molar-refractivity contribution is 5.97. The first-order valence-electron chi connectivity index (χ1n) is 8.36. The van der Waals surface area contributed by atoms with Crippen molar-refractivity contribution < 1.29 is 0 Å². The fourth-order valence-electron chi connectivity index (χ4n) is 3.26. The molecule has 0 saturated heterocycles. The average Bonchev–Trinajstić information content (AvgIpc) is 2.67. The van der Waals surface area contributed by atoms with Gasteiger partial charge in [0.25, 0.3) is 0 Å². The van der Waals surface area contributed by atoms with E-state index in [-0.39, 0.29) is 0 Å². The van der Waals surface area contributed by atoms with Gasteiger partial charge in [-0.3, -0.25) is 0 Å². The summed E-state index contributed by atoms with van der Waals surface area (Å²) in [7, 11) is 0. The maximum absolute atomic E-state index is 6.08. The summed E-state index contributed by atoms with van der Waals surface area (Å²) in [5.41, 5.74) is 12.3. The minimum Gasteiger partial charge on any atom is -0.398 e. The number of fused-ring (bicyclic) bond motifs is 1. The van der Waals surface area contributed by atoms with Crippen molar-refractivity contribution in [1.82, 2.24) is 0 Å². The molecule has 4 aromatic rings. The monoisotopic (exact) mass is 321 g/mol. The molecule has 2 N–H and O–H groups in total. The minimum atomic E-state index is 0.755. The van der Waals surface area contributed by atoms with Crippen molar-refractivity contribution >= 4 is 22.0 Å². The molecule has 0 radical (unpaired) electrons. The first kappa shape index (κ1) is 15.2. The first-order chi connectivity index (χ1) is 12.2. The second-order valence-corrected chi connectivity index (χ2v) is 6.17. The molecule has 120 valence electrons. The number of benzene rings is 4. The zero-order valence-electron chi connectivity index (χ0n) is 13.9. The van der Waals surface area contributed by atoms with Gasteiger partial charge in [0.2, 0.25) is 0 Å². The molecule has 0 aromatic heterocycles. The topological polar surface area (TPSA) is 26.0 Å². The summed E-state index contributed by atoms with van der Waals surface area (Å²) >= 11 is 0. The number of para-hydroxylation sites is 1. The number of hydrogen-bond donors (Lipinski definition) is 1. The highest BCUT2D eigenvalue weighted by Crippen LogP contribution is 2.31. The van der Waals surface area contributed by atoms with Crippen LogP contribution in [0.5, 0.6) is 0 Å². The summed E-state index contributed by atoms with van der Waals surface area (Å²) in [4.78, 5) is 0. The van der Waals surface area contributed by atoms with Crippen LogP contribution < -0.4 is 5.73 Å². The molecule has 1 heteroatoms. The summed E-state index contributed by atoms with van der Waals surface area (Å²) in [6.07, 6.45) is 0. The molecule has 4 rings (SSSR count). The standard InChI is InChI=1S/C24H19N/c1-17(21-9-4-5-12-24(21)25)18-13-15-20(16-14-18)23-11-6-8-19-7-2-3-10-22(19)23/h2-16H,1,25H2. The number of nitrogen functional groups attached to an aromatic ring is 1. The van der Waals surface area contributed by atoms with Crippen LogP contribution in [-0.2, 0) is 0 Å². The molecule has 0 fully saturated rings. The highest BCUT2D eigenvalue weighted by Gasteiger charge is 2.07. The maximum atomic E-state index is 6.08. The van der Waals surface area contributed by atoms with Gasteiger partial charge in [-0.25, -0.2) is 0 Å². The molecule has 0 aliphatic heterocycles. The Balaban J connectivity index is 1.73. The van der Waals surface area contributed by atoms with E-state index in [9.17, 15) is 0 Å². The Morgan fingerprint density at radius 1 is 0.680 bits per heavy atom. The van der Waals surface area contributed by atoms with Crippen molar-refractivity contribution in [1.29, 1.82) is 0 Å². The van der Waals surface area contributed by atoms with E-state index in [0.717, 1.165) is 22.4 Å². The van der Waals surface area contributed by atoms with Crippen molar-refractivity contribution in [2.45, 2.75) is 0 Å². The Morgan fingerprint density at radius 3 is 2.16 bits per heavy atom. The van der Waals surface area contributed by atoms with Gasteiger partial charge in [0.1, 0.15) is 0 Å². The lowest BCUT2D eigenvalue weighted by molar-refractivity contribution is 1.55. The second kappa shape index (κ2) is 6.29. The molecule has 0 saturated carbocycles. The maximum Gasteiger partial charge on any atom is 0.0393 e. The average molecular weight is 321 g/mol. The molecule has 0 atom stereocenters. The largest absolute Gasteiger partial charge is 0.398 e. The number of anilines is 1. The molecule has 0 bridgehead atoms. The second-order valence-electron chi connectivity index (χ2n) is 6.17. The van der Waals surface area contributed by atoms with Gasteiger partial charge in [0.05, 0.1) is 0 Å². The van der Waals surface area contributed by atoms with Gasteiger partial charge in [-0.2, -0.15) is 0 Å². The predicted octanol–water partition coefficient (Wildman–Crippen LogP) is 6.15. The van der Waals surface area contributed by atoms with Gasteiger partial charge in [0, 0.05) is 11.3 Å². The smallest absolute Gasteiger partial charge is 0.0393 e. The van der Waals surface area contributed by atoms with Crippen LogP contribution in [0.1, 0.15) is 11.1 Å². The predicted molar refractivity (Wildman–Crippen MR) is 108 cm³/mol. The lowest BCUT2D eigenvalue weighted by Crippen LogP contribution is -1.94. The van der Waals surface area contributed by atoms with Crippen molar-refractivity contribution in [2.24, 2.45) is 0 Å². The van der Waals surface area contributed by atoms with Crippen LogP contribution in [0, 0.1) is 0 Å². The lowest BCUT2D eigenvalue weighted by Gasteiger charge is -2.11. The van der Waals surface area contributed by atoms with Crippen LogP contribution >= 0.6 is 0 Å². The van der Waals surface area contributed by atoms with Gasteiger partial charge < -0.3 is 5.73 Å². The van der Waals surface area contributed by atoms with Crippen molar-refractivity contribution in [2.75, 3.05) is 5.73 Å². The minimum absolute atomic E-state index is 0.755. The molecule has 0 aliphatic rings. The van der Waals surface area contributed by atoms with E-state index in [1.165, 1.54) is 21.9 Å². The van der Waals surface area contributed by atoms with Crippen LogP contribution in [0.3, 0.4) is 0 Å². The van der Waals surface area contributed by atoms with E-state index < -0.39 is 0 Å².